The lowest BCUT2D eigenvalue weighted by molar-refractivity contribution is 0.434. The maximum atomic E-state index is 2.29. The summed E-state index contributed by atoms with van der Waals surface area (Å²) in [5, 5.41) is 5.80. The van der Waals surface area contributed by atoms with Crippen LogP contribution in [-0.4, -0.2) is 102 Å². The molecule has 0 saturated heterocycles. The van der Waals surface area contributed by atoms with Crippen molar-refractivity contribution in [2.45, 2.75) is 136 Å². The van der Waals surface area contributed by atoms with E-state index in [0.29, 0.717) is 0 Å². The van der Waals surface area contributed by atoms with E-state index >= 15 is 0 Å². The second-order valence-electron chi connectivity index (χ2n) is 14.7. The number of allylic oxidation sites excluding steroid dienone is 4. The van der Waals surface area contributed by atoms with Gasteiger partial charge in [0, 0.05) is 0 Å². The van der Waals surface area contributed by atoms with E-state index in [-0.39, 0.29) is 0 Å². The van der Waals surface area contributed by atoms with Gasteiger partial charge in [0.15, 0.2) is 0 Å². The smallest absolute Gasteiger partial charge is 0.00533 e. The number of nitrogens with zero attached hydrogens (tertiary/aromatic N) is 4. The molecule has 0 fully saturated rings. The normalized spacial score (nSPS) is 11.4. The molecule has 4 aliphatic rings. The molecule has 64 heavy (non-hydrogen) atoms. The van der Waals surface area contributed by atoms with Crippen molar-refractivity contribution in [2.24, 2.45) is 0 Å². The third-order valence-electron chi connectivity index (χ3n) is 9.99. The average molecular weight is 882 g/mol. The highest BCUT2D eigenvalue weighted by atomic mass is 15.0. The van der Waals surface area contributed by atoms with E-state index in [1.54, 1.807) is 0 Å². The number of rotatable bonds is 4. The predicted molar refractivity (Wildman–Crippen MR) is 304 cm³/mol. The number of hydrogen-bond acceptors (Lipinski definition) is 4. The highest BCUT2D eigenvalue weighted by Crippen LogP contribution is 2.39. The molecule has 0 amide bonds. The van der Waals surface area contributed by atoms with Gasteiger partial charge < -0.3 is 19.6 Å². The maximum Gasteiger partial charge on any atom is -0.00533 e. The monoisotopic (exact) mass is 881 g/mol. The highest BCUT2D eigenvalue weighted by molar-refractivity contribution is 5.99. The Morgan fingerprint density at radius 3 is 0.562 bits per heavy atom. The van der Waals surface area contributed by atoms with Gasteiger partial charge in [0.2, 0.25) is 0 Å². The Hall–Kier alpha value is -3.80. The molecule has 0 spiro atoms. The fourth-order valence-electron chi connectivity index (χ4n) is 6.07. The topological polar surface area (TPSA) is 13.0 Å². The standard InChI is InChI=1S/2C16H12.4C4H11N.6C2H6/c2*1-2-6-12-11(5-1)13-7-3-9-15(13)16-10-4-8-14(12)16;4*1-4-5(2)3;6*1-2/h2*1-6,9-10H,7-8H2;4*4H2,1-3H3;6*1-2H3. The van der Waals surface area contributed by atoms with Gasteiger partial charge in [-0.15, -0.1) is 0 Å². The van der Waals surface area contributed by atoms with Crippen LogP contribution >= 0.6 is 0 Å². The van der Waals surface area contributed by atoms with Crippen molar-refractivity contribution >= 4 is 45.8 Å². The van der Waals surface area contributed by atoms with E-state index < -0.39 is 0 Å². The lowest BCUT2D eigenvalue weighted by Crippen LogP contribution is -2.08. The first-order valence-corrected chi connectivity index (χ1v) is 25.4. The second kappa shape index (κ2) is 43.1. The van der Waals surface area contributed by atoms with Gasteiger partial charge in [0.25, 0.3) is 0 Å². The summed E-state index contributed by atoms with van der Waals surface area (Å²) in [7, 11) is 16.4. The van der Waals surface area contributed by atoms with Gasteiger partial charge in [-0.2, -0.15) is 0 Å². The predicted octanol–water partition coefficient (Wildman–Crippen LogP) is 16.4. The molecular formula is C60H104N4. The minimum absolute atomic E-state index is 1.09. The Morgan fingerprint density at radius 1 is 0.297 bits per heavy atom. The van der Waals surface area contributed by atoms with Gasteiger partial charge in [-0.25, -0.2) is 0 Å². The Kier molecular flexibility index (Phi) is 45.0. The van der Waals surface area contributed by atoms with Crippen LogP contribution in [0.4, 0.5) is 0 Å². The molecule has 0 atom stereocenters. The zero-order chi connectivity index (χ0) is 50.2. The molecule has 0 heterocycles. The van der Waals surface area contributed by atoms with Crippen molar-refractivity contribution in [1.82, 2.24) is 19.6 Å². The first kappa shape index (κ1) is 66.8. The second-order valence-corrected chi connectivity index (χ2v) is 14.7. The molecule has 4 aromatic rings. The number of fused-ring (bicyclic) bond motifs is 12. The van der Waals surface area contributed by atoms with Crippen molar-refractivity contribution in [3.8, 4) is 0 Å². The van der Waals surface area contributed by atoms with E-state index in [4.69, 9.17) is 0 Å². The Balaban J connectivity index is -0.000000348. The molecular weight excluding hydrogens is 777 g/mol. The van der Waals surface area contributed by atoms with Gasteiger partial charge in [0.1, 0.15) is 0 Å². The summed E-state index contributed by atoms with van der Waals surface area (Å²) in [6, 6.07) is 17.6. The highest BCUT2D eigenvalue weighted by Gasteiger charge is 2.20. The quantitative estimate of drug-likeness (QED) is 0.202. The van der Waals surface area contributed by atoms with Crippen LogP contribution in [0, 0.1) is 0 Å². The van der Waals surface area contributed by atoms with Crippen molar-refractivity contribution in [2.75, 3.05) is 82.6 Å². The molecule has 4 aromatic carbocycles. The molecule has 8 rings (SSSR count). The Labute approximate surface area is 400 Å². The fraction of sp³-hybridized carbons (Fsp3) is 0.533. The van der Waals surface area contributed by atoms with Crippen LogP contribution in [0.5, 0.6) is 0 Å². The lowest BCUT2D eigenvalue weighted by Gasteiger charge is -2.12. The minimum Gasteiger partial charge on any atom is -0.310 e. The summed E-state index contributed by atoms with van der Waals surface area (Å²) in [5.41, 5.74) is 11.9. The summed E-state index contributed by atoms with van der Waals surface area (Å²) in [4.78, 5) is 8.50. The van der Waals surface area contributed by atoms with Gasteiger partial charge in [0.05, 0.1) is 0 Å². The zero-order valence-corrected chi connectivity index (χ0v) is 46.7. The molecule has 0 aliphatic heterocycles. The summed E-state index contributed by atoms with van der Waals surface area (Å²) in [6.07, 6.45) is 22.7. The van der Waals surface area contributed by atoms with Crippen LogP contribution in [0.15, 0.2) is 72.8 Å². The summed E-state index contributed by atoms with van der Waals surface area (Å²) in [6.45, 7) is 37.1. The molecule has 364 valence electrons. The minimum atomic E-state index is 1.09. The zero-order valence-electron chi connectivity index (χ0n) is 46.7. The molecule has 0 unspecified atom stereocenters. The van der Waals surface area contributed by atoms with Crippen LogP contribution in [-0.2, 0) is 25.7 Å². The van der Waals surface area contributed by atoms with Crippen LogP contribution < -0.4 is 0 Å². The maximum absolute atomic E-state index is 2.29. The van der Waals surface area contributed by atoms with Crippen molar-refractivity contribution in [3.05, 3.63) is 117 Å². The van der Waals surface area contributed by atoms with Crippen molar-refractivity contribution in [1.29, 1.82) is 0 Å². The van der Waals surface area contributed by atoms with Crippen molar-refractivity contribution in [3.63, 3.8) is 0 Å². The average Bonchev–Trinajstić information content (AvgIpc) is 4.22. The van der Waals surface area contributed by atoms with E-state index in [2.05, 4.69) is 201 Å². The van der Waals surface area contributed by atoms with E-state index in [1.165, 1.54) is 66.1 Å². The number of benzene rings is 4. The van der Waals surface area contributed by atoms with Crippen LogP contribution in [0.1, 0.15) is 155 Å². The molecule has 0 saturated carbocycles. The number of hydrogen-bond donors (Lipinski definition) is 0. The fourth-order valence-corrected chi connectivity index (χ4v) is 6.07. The first-order valence-electron chi connectivity index (χ1n) is 25.4. The summed E-state index contributed by atoms with van der Waals surface area (Å²) < 4.78 is 0. The molecule has 0 aromatic heterocycles. The van der Waals surface area contributed by atoms with Crippen LogP contribution in [0.3, 0.4) is 0 Å². The third-order valence-corrected chi connectivity index (χ3v) is 9.99. The van der Waals surface area contributed by atoms with Crippen molar-refractivity contribution < 1.29 is 0 Å². The van der Waals surface area contributed by atoms with Gasteiger partial charge >= 0.3 is 0 Å². The SMILES string of the molecule is C1=Cc2c3c(c4ccccc4c2C1)CC=C3.C1=Cc2c3c(c4ccccc4c2C1)CC=C3.CC.CC.CC.CC.CC.CC.CCN(C)C.CCN(C)C.CCN(C)C.CCN(C)C. The Morgan fingerprint density at radius 2 is 0.438 bits per heavy atom. The van der Waals surface area contributed by atoms with Gasteiger partial charge in [-0.1, -0.05) is 208 Å². The molecule has 4 heteroatoms. The van der Waals surface area contributed by atoms with Crippen LogP contribution in [0.2, 0.25) is 0 Å². The molecule has 4 aliphatic carbocycles. The van der Waals surface area contributed by atoms with E-state index in [9.17, 15) is 0 Å². The largest absolute Gasteiger partial charge is 0.310 e. The lowest BCUT2D eigenvalue weighted by atomic mass is 9.92. The van der Waals surface area contributed by atoms with Gasteiger partial charge in [-0.3, -0.25) is 0 Å². The molecule has 0 radical (unpaired) electrons. The molecule has 0 bridgehead atoms. The van der Waals surface area contributed by atoms with E-state index in [0.717, 1.165) is 51.9 Å². The van der Waals surface area contributed by atoms with E-state index in [1.807, 2.05) is 83.1 Å². The first-order chi connectivity index (χ1) is 31.0. The molecule has 4 nitrogen and oxygen atoms in total. The molecule has 0 N–H and O–H groups in total. The third kappa shape index (κ3) is 23.4. The summed E-state index contributed by atoms with van der Waals surface area (Å²) >= 11 is 0. The van der Waals surface area contributed by atoms with Crippen LogP contribution in [0.25, 0.3) is 45.8 Å². The summed E-state index contributed by atoms with van der Waals surface area (Å²) in [5.74, 6) is 0. The Bertz CT molecular complexity index is 1570. The van der Waals surface area contributed by atoms with Gasteiger partial charge in [-0.05, 0) is 174 Å².